The summed E-state index contributed by atoms with van der Waals surface area (Å²) in [5, 5.41) is 0. The van der Waals surface area contributed by atoms with Crippen molar-refractivity contribution in [3.63, 3.8) is 0 Å². The zero-order valence-corrected chi connectivity index (χ0v) is 9.39. The average molecular weight is 176 g/mol. The Bertz CT molecular complexity index is 60.2. The summed E-state index contributed by atoms with van der Waals surface area (Å²) < 4.78 is 10.1. The van der Waals surface area contributed by atoms with Gasteiger partial charge in [-0.1, -0.05) is 0 Å². The first-order valence-corrected chi connectivity index (χ1v) is 4.77. The van der Waals surface area contributed by atoms with Crippen LogP contribution in [0.3, 0.4) is 0 Å². The van der Waals surface area contributed by atoms with Gasteiger partial charge < -0.3 is 9.47 Å². The Kier molecular flexibility index (Phi) is 13.1. The van der Waals surface area contributed by atoms with Crippen LogP contribution in [0, 0.1) is 0 Å². The van der Waals surface area contributed by atoms with E-state index in [4.69, 9.17) is 9.47 Å². The van der Waals surface area contributed by atoms with Crippen LogP contribution < -0.4 is 0 Å². The molecule has 0 heterocycles. The summed E-state index contributed by atoms with van der Waals surface area (Å²) in [7, 11) is 0. The molecular weight excluding hydrogens is 152 g/mol. The summed E-state index contributed by atoms with van der Waals surface area (Å²) in [5.41, 5.74) is 0. The lowest BCUT2D eigenvalue weighted by atomic mass is 10.5. The molecule has 76 valence electrons. The molecule has 0 aliphatic rings. The van der Waals surface area contributed by atoms with Gasteiger partial charge in [-0.3, -0.25) is 0 Å². The van der Waals surface area contributed by atoms with Gasteiger partial charge in [-0.05, 0) is 41.5 Å². The van der Waals surface area contributed by atoms with Gasteiger partial charge in [0.05, 0.1) is 12.2 Å². The summed E-state index contributed by atoms with van der Waals surface area (Å²) in [4.78, 5) is 0. The Labute approximate surface area is 77.3 Å². The maximum Gasteiger partial charge on any atom is 0.0518 e. The molecule has 0 atom stereocenters. The fraction of sp³-hybridized carbons (Fsp3) is 1.00. The van der Waals surface area contributed by atoms with Crippen LogP contribution in [0.4, 0.5) is 0 Å². The van der Waals surface area contributed by atoms with E-state index in [2.05, 4.69) is 0 Å². The smallest absolute Gasteiger partial charge is 0.0518 e. The van der Waals surface area contributed by atoms with Crippen LogP contribution in [0.5, 0.6) is 0 Å². The van der Waals surface area contributed by atoms with E-state index >= 15 is 0 Å². The average Bonchev–Trinajstić information content (AvgIpc) is 1.87. The van der Waals surface area contributed by atoms with Crippen molar-refractivity contribution >= 4 is 0 Å². The van der Waals surface area contributed by atoms with Crippen molar-refractivity contribution in [1.82, 2.24) is 0 Å². The normalized spacial score (nSPS) is 10.0. The van der Waals surface area contributed by atoms with E-state index in [0.717, 1.165) is 13.2 Å². The molecule has 0 fully saturated rings. The molecule has 0 saturated carbocycles. The SMILES string of the molecule is CCOC(C)C.CCOC(C)C. The Balaban J connectivity index is 0. The van der Waals surface area contributed by atoms with Crippen LogP contribution in [-0.2, 0) is 9.47 Å². The van der Waals surface area contributed by atoms with Gasteiger partial charge in [-0.2, -0.15) is 0 Å². The van der Waals surface area contributed by atoms with Crippen LogP contribution in [-0.4, -0.2) is 25.4 Å². The van der Waals surface area contributed by atoms with E-state index in [9.17, 15) is 0 Å². The van der Waals surface area contributed by atoms with Crippen molar-refractivity contribution in [3.05, 3.63) is 0 Å². The van der Waals surface area contributed by atoms with Crippen molar-refractivity contribution in [1.29, 1.82) is 0 Å². The van der Waals surface area contributed by atoms with Gasteiger partial charge in [-0.15, -0.1) is 0 Å². The van der Waals surface area contributed by atoms with Crippen molar-refractivity contribution < 1.29 is 9.47 Å². The molecule has 0 saturated heterocycles. The lowest BCUT2D eigenvalue weighted by Crippen LogP contribution is -1.99. The van der Waals surface area contributed by atoms with E-state index in [1.165, 1.54) is 0 Å². The molecule has 0 radical (unpaired) electrons. The number of rotatable bonds is 4. The van der Waals surface area contributed by atoms with Crippen LogP contribution in [0.1, 0.15) is 41.5 Å². The van der Waals surface area contributed by atoms with E-state index in [-0.39, 0.29) is 0 Å². The minimum Gasteiger partial charge on any atom is -0.379 e. The number of hydrogen-bond donors (Lipinski definition) is 0. The predicted octanol–water partition coefficient (Wildman–Crippen LogP) is 2.86. The molecule has 0 spiro atoms. The Hall–Kier alpha value is -0.0800. The van der Waals surface area contributed by atoms with Crippen LogP contribution in [0.2, 0.25) is 0 Å². The van der Waals surface area contributed by atoms with Crippen LogP contribution in [0.15, 0.2) is 0 Å². The fourth-order valence-electron chi connectivity index (χ4n) is 0.667. The lowest BCUT2D eigenvalue weighted by molar-refractivity contribution is 0.0897. The first kappa shape index (κ1) is 14.4. The molecule has 2 nitrogen and oxygen atoms in total. The Morgan fingerprint density at radius 2 is 1.00 bits per heavy atom. The minimum absolute atomic E-state index is 0.398. The van der Waals surface area contributed by atoms with Crippen molar-refractivity contribution in [2.24, 2.45) is 0 Å². The standard InChI is InChI=1S/2C5H12O/c2*1-4-6-5(2)3/h2*5H,4H2,1-3H3. The van der Waals surface area contributed by atoms with Crippen molar-refractivity contribution in [2.75, 3.05) is 13.2 Å². The largest absolute Gasteiger partial charge is 0.379 e. The monoisotopic (exact) mass is 176 g/mol. The minimum atomic E-state index is 0.398. The molecule has 0 aromatic carbocycles. The summed E-state index contributed by atoms with van der Waals surface area (Å²) in [5.74, 6) is 0. The highest BCUT2D eigenvalue weighted by atomic mass is 16.5. The van der Waals surface area contributed by atoms with Crippen molar-refractivity contribution in [3.8, 4) is 0 Å². The van der Waals surface area contributed by atoms with Gasteiger partial charge in [0.1, 0.15) is 0 Å². The third kappa shape index (κ3) is 22.5. The zero-order valence-electron chi connectivity index (χ0n) is 9.39. The predicted molar refractivity (Wildman–Crippen MR) is 53.5 cm³/mol. The molecule has 0 N–H and O–H groups in total. The fourth-order valence-corrected chi connectivity index (χ4v) is 0.667. The Morgan fingerprint density at radius 3 is 1.00 bits per heavy atom. The maximum absolute atomic E-state index is 5.04. The highest BCUT2D eigenvalue weighted by Crippen LogP contribution is 1.83. The van der Waals surface area contributed by atoms with Gasteiger partial charge in [0.2, 0.25) is 0 Å². The third-order valence-corrected chi connectivity index (χ3v) is 1.00. The second-order valence-electron chi connectivity index (χ2n) is 3.01. The molecule has 0 bridgehead atoms. The molecule has 0 aliphatic carbocycles. The quantitative estimate of drug-likeness (QED) is 0.655. The number of ether oxygens (including phenoxy) is 2. The van der Waals surface area contributed by atoms with Gasteiger partial charge in [0.15, 0.2) is 0 Å². The van der Waals surface area contributed by atoms with Gasteiger partial charge in [-0.25, -0.2) is 0 Å². The molecule has 2 heteroatoms. The molecule has 0 rings (SSSR count). The molecular formula is C10H24O2. The van der Waals surface area contributed by atoms with Crippen LogP contribution in [0.25, 0.3) is 0 Å². The summed E-state index contributed by atoms with van der Waals surface area (Å²) >= 11 is 0. The van der Waals surface area contributed by atoms with Crippen LogP contribution >= 0.6 is 0 Å². The van der Waals surface area contributed by atoms with E-state index in [1.807, 2.05) is 41.5 Å². The maximum atomic E-state index is 5.04. The van der Waals surface area contributed by atoms with Gasteiger partial charge >= 0.3 is 0 Å². The van der Waals surface area contributed by atoms with E-state index in [0.29, 0.717) is 12.2 Å². The molecule has 0 aliphatic heterocycles. The lowest BCUT2D eigenvalue weighted by Gasteiger charge is -2.00. The molecule has 0 unspecified atom stereocenters. The highest BCUT2D eigenvalue weighted by molar-refractivity contribution is 4.31. The van der Waals surface area contributed by atoms with Gasteiger partial charge in [0, 0.05) is 13.2 Å². The van der Waals surface area contributed by atoms with Crippen molar-refractivity contribution in [2.45, 2.75) is 53.8 Å². The topological polar surface area (TPSA) is 18.5 Å². The molecule has 0 amide bonds. The highest BCUT2D eigenvalue weighted by Gasteiger charge is 1.84. The molecule has 12 heavy (non-hydrogen) atoms. The summed E-state index contributed by atoms with van der Waals surface area (Å²) in [6, 6.07) is 0. The summed E-state index contributed by atoms with van der Waals surface area (Å²) in [6.07, 6.45) is 0.796. The second-order valence-corrected chi connectivity index (χ2v) is 3.01. The zero-order chi connectivity index (χ0) is 9.98. The first-order valence-electron chi connectivity index (χ1n) is 4.77. The van der Waals surface area contributed by atoms with E-state index in [1.54, 1.807) is 0 Å². The first-order chi connectivity index (χ1) is 5.54. The second kappa shape index (κ2) is 10.9. The Morgan fingerprint density at radius 1 is 0.750 bits per heavy atom. The van der Waals surface area contributed by atoms with E-state index < -0.39 is 0 Å². The third-order valence-electron chi connectivity index (χ3n) is 1.00. The molecule has 0 aromatic heterocycles. The number of hydrogen-bond acceptors (Lipinski definition) is 2. The van der Waals surface area contributed by atoms with Gasteiger partial charge in [0.25, 0.3) is 0 Å². The molecule has 0 aromatic rings. The summed E-state index contributed by atoms with van der Waals surface area (Å²) in [6.45, 7) is 13.8.